The number of rotatable bonds is 55. The zero-order valence-corrected chi connectivity index (χ0v) is 47.9. The summed E-state index contributed by atoms with van der Waals surface area (Å²) < 4.78 is 11.3. The molecule has 9 nitrogen and oxygen atoms in total. The summed E-state index contributed by atoms with van der Waals surface area (Å²) in [6.07, 6.45) is 63.6. The van der Waals surface area contributed by atoms with E-state index in [1.165, 1.54) is 231 Å². The van der Waals surface area contributed by atoms with Gasteiger partial charge in [0.25, 0.3) is 0 Å². The van der Waals surface area contributed by atoms with Gasteiger partial charge in [0.1, 0.15) is 24.4 Å². The minimum atomic E-state index is -1.55. The van der Waals surface area contributed by atoms with Gasteiger partial charge in [-0.2, -0.15) is 0 Å². The molecule has 0 aromatic rings. The van der Waals surface area contributed by atoms with E-state index >= 15 is 0 Å². The van der Waals surface area contributed by atoms with E-state index in [4.69, 9.17) is 9.47 Å². The third-order valence-corrected chi connectivity index (χ3v) is 15.2. The van der Waals surface area contributed by atoms with Crippen molar-refractivity contribution in [1.82, 2.24) is 5.32 Å². The highest BCUT2D eigenvalue weighted by Crippen LogP contribution is 2.23. The predicted octanol–water partition coefficient (Wildman–Crippen LogP) is 16.3. The summed E-state index contributed by atoms with van der Waals surface area (Å²) in [5, 5.41) is 54.5. The second kappa shape index (κ2) is 53.8. The lowest BCUT2D eigenvalue weighted by atomic mass is 9.99. The van der Waals surface area contributed by atoms with E-state index in [0.29, 0.717) is 12.8 Å². The number of carbonyl (C=O) groups is 1. The lowest BCUT2D eigenvalue weighted by Gasteiger charge is -2.40. The topological polar surface area (TPSA) is 149 Å². The van der Waals surface area contributed by atoms with E-state index in [1.807, 2.05) is 0 Å². The molecule has 9 heteroatoms. The molecule has 0 saturated carbocycles. The van der Waals surface area contributed by atoms with Crippen LogP contribution in [0.15, 0.2) is 36.5 Å². The predicted molar refractivity (Wildman–Crippen MR) is 309 cm³/mol. The highest BCUT2D eigenvalue weighted by atomic mass is 16.7. The van der Waals surface area contributed by atoms with E-state index < -0.39 is 49.5 Å². The van der Waals surface area contributed by atoms with E-state index in [2.05, 4.69) is 55.6 Å². The zero-order valence-electron chi connectivity index (χ0n) is 47.9. The van der Waals surface area contributed by atoms with Crippen LogP contribution >= 0.6 is 0 Å². The summed E-state index contributed by atoms with van der Waals surface area (Å²) in [7, 11) is 0. The third-order valence-electron chi connectivity index (χ3n) is 15.2. The molecule has 0 spiro atoms. The fourth-order valence-corrected chi connectivity index (χ4v) is 10.2. The minimum Gasteiger partial charge on any atom is -0.394 e. The zero-order chi connectivity index (χ0) is 52.9. The quantitative estimate of drug-likeness (QED) is 0.0261. The second-order valence-electron chi connectivity index (χ2n) is 22.2. The lowest BCUT2D eigenvalue weighted by molar-refractivity contribution is -0.302. The highest BCUT2D eigenvalue weighted by molar-refractivity contribution is 5.76. The van der Waals surface area contributed by atoms with Gasteiger partial charge in [-0.1, -0.05) is 288 Å². The normalized spacial score (nSPS) is 19.2. The summed E-state index contributed by atoms with van der Waals surface area (Å²) >= 11 is 0. The van der Waals surface area contributed by atoms with Crippen LogP contribution in [0.5, 0.6) is 0 Å². The smallest absolute Gasteiger partial charge is 0.220 e. The Hall–Kier alpha value is -1.59. The first kappa shape index (κ1) is 69.4. The van der Waals surface area contributed by atoms with Gasteiger partial charge in [-0.05, 0) is 51.4 Å². The second-order valence-corrected chi connectivity index (χ2v) is 22.2. The molecule has 0 aromatic heterocycles. The largest absolute Gasteiger partial charge is 0.394 e. The summed E-state index contributed by atoms with van der Waals surface area (Å²) in [5.41, 5.74) is 0. The molecule has 0 radical (unpaired) electrons. The van der Waals surface area contributed by atoms with Crippen LogP contribution in [0, 0.1) is 0 Å². The molecule has 0 bridgehead atoms. The van der Waals surface area contributed by atoms with E-state index in [0.717, 1.165) is 51.4 Å². The first-order valence-electron chi connectivity index (χ1n) is 31.7. The number of aliphatic hydroxyl groups is 5. The summed E-state index contributed by atoms with van der Waals surface area (Å²) in [6, 6.07) is -0.715. The average Bonchev–Trinajstić information content (AvgIpc) is 3.39. The number of carbonyl (C=O) groups excluding carboxylic acids is 1. The number of amides is 1. The molecule has 1 saturated heterocycles. The molecule has 7 unspecified atom stereocenters. The highest BCUT2D eigenvalue weighted by Gasteiger charge is 2.44. The summed E-state index contributed by atoms with van der Waals surface area (Å²) in [6.45, 7) is 3.83. The van der Waals surface area contributed by atoms with Gasteiger partial charge in [0.15, 0.2) is 6.29 Å². The Morgan fingerprint density at radius 2 is 0.808 bits per heavy atom. The number of aliphatic hydroxyl groups excluding tert-OH is 5. The van der Waals surface area contributed by atoms with Crippen molar-refractivity contribution in [2.24, 2.45) is 0 Å². The molecule has 430 valence electrons. The standard InChI is InChI=1S/C64H121NO8/c1-3-5-7-9-11-13-15-16-17-18-19-20-21-22-23-24-25-26-27-28-29-30-31-32-33-34-35-36-37-38-39-40-41-42-44-46-48-50-52-54-60(68)65-57(56-72-64-63(71)62(70)61(69)59(55-66)73-64)58(67)53-51-49-47-45-43-14-12-10-8-6-4-2/h15-16,18-19,21-22,57-59,61-64,66-67,69-71H,3-14,17,20,23-56H2,1-2H3,(H,65,68)/b16-15-,19-18-,22-21-. The molecular formula is C64H121NO8. The Morgan fingerprint density at radius 3 is 1.19 bits per heavy atom. The maximum Gasteiger partial charge on any atom is 0.220 e. The molecule has 1 rings (SSSR count). The first-order chi connectivity index (χ1) is 35.8. The SMILES string of the molecule is CCCCCCC/C=C\C/C=C\C/C=C\CCCCCCCCCCCCCCCCCCCCCCCCCCC(=O)NC(COC1OC(CO)C(O)C(O)C1O)C(O)CCCCCCCCCCCCC. The Bertz CT molecular complexity index is 1240. The van der Waals surface area contributed by atoms with Gasteiger partial charge in [-0.3, -0.25) is 4.79 Å². The van der Waals surface area contributed by atoms with Crippen LogP contribution < -0.4 is 5.32 Å². The van der Waals surface area contributed by atoms with E-state index in [9.17, 15) is 30.3 Å². The van der Waals surface area contributed by atoms with Gasteiger partial charge < -0.3 is 40.3 Å². The van der Waals surface area contributed by atoms with Gasteiger partial charge in [-0.15, -0.1) is 0 Å². The number of hydrogen-bond acceptors (Lipinski definition) is 8. The van der Waals surface area contributed by atoms with Crippen molar-refractivity contribution in [3.8, 4) is 0 Å². The Morgan fingerprint density at radius 1 is 0.466 bits per heavy atom. The molecule has 73 heavy (non-hydrogen) atoms. The van der Waals surface area contributed by atoms with Crippen LogP contribution in [-0.2, 0) is 14.3 Å². The van der Waals surface area contributed by atoms with Gasteiger partial charge in [0.2, 0.25) is 5.91 Å². The third kappa shape index (κ3) is 43.1. The first-order valence-corrected chi connectivity index (χ1v) is 31.7. The average molecular weight is 1030 g/mol. The van der Waals surface area contributed by atoms with Crippen LogP contribution in [-0.4, -0.2) is 87.5 Å². The van der Waals surface area contributed by atoms with Crippen LogP contribution in [0.1, 0.15) is 309 Å². The summed E-state index contributed by atoms with van der Waals surface area (Å²) in [5.74, 6) is -0.140. The fourth-order valence-electron chi connectivity index (χ4n) is 10.2. The van der Waals surface area contributed by atoms with Gasteiger partial charge in [0, 0.05) is 6.42 Å². The molecule has 1 aliphatic rings. The van der Waals surface area contributed by atoms with Crippen LogP contribution in [0.25, 0.3) is 0 Å². The fraction of sp³-hybridized carbons (Fsp3) is 0.891. The van der Waals surface area contributed by atoms with Gasteiger partial charge in [0.05, 0.1) is 25.4 Å². The molecule has 7 atom stereocenters. The Kier molecular flexibility index (Phi) is 51.2. The van der Waals surface area contributed by atoms with Crippen molar-refractivity contribution in [3.63, 3.8) is 0 Å². The van der Waals surface area contributed by atoms with Crippen molar-refractivity contribution >= 4 is 5.91 Å². The van der Waals surface area contributed by atoms with Crippen LogP contribution in [0.4, 0.5) is 0 Å². The maximum atomic E-state index is 13.0. The van der Waals surface area contributed by atoms with Crippen molar-refractivity contribution in [1.29, 1.82) is 0 Å². The minimum absolute atomic E-state index is 0.134. The number of ether oxygens (including phenoxy) is 2. The molecule has 0 aromatic carbocycles. The monoisotopic (exact) mass is 1030 g/mol. The lowest BCUT2D eigenvalue weighted by Crippen LogP contribution is -2.60. The van der Waals surface area contributed by atoms with Crippen LogP contribution in [0.2, 0.25) is 0 Å². The molecular weight excluding hydrogens is 911 g/mol. The molecule has 1 amide bonds. The molecule has 1 fully saturated rings. The maximum absolute atomic E-state index is 13.0. The Labute approximate surface area is 451 Å². The van der Waals surface area contributed by atoms with E-state index in [-0.39, 0.29) is 12.5 Å². The molecule has 6 N–H and O–H groups in total. The van der Waals surface area contributed by atoms with Crippen molar-refractivity contribution in [2.45, 2.75) is 352 Å². The van der Waals surface area contributed by atoms with Crippen molar-refractivity contribution in [3.05, 3.63) is 36.5 Å². The molecule has 1 aliphatic heterocycles. The molecule has 1 heterocycles. The Balaban J connectivity index is 2.00. The van der Waals surface area contributed by atoms with Gasteiger partial charge in [-0.25, -0.2) is 0 Å². The number of hydrogen-bond donors (Lipinski definition) is 6. The van der Waals surface area contributed by atoms with Crippen molar-refractivity contribution < 1.29 is 39.8 Å². The molecule has 0 aliphatic carbocycles. The number of unbranched alkanes of at least 4 members (excludes halogenated alkanes) is 39. The van der Waals surface area contributed by atoms with Crippen molar-refractivity contribution in [2.75, 3.05) is 13.2 Å². The van der Waals surface area contributed by atoms with E-state index in [1.54, 1.807) is 0 Å². The van der Waals surface area contributed by atoms with Gasteiger partial charge >= 0.3 is 0 Å². The summed E-state index contributed by atoms with van der Waals surface area (Å²) in [4.78, 5) is 13.0. The van der Waals surface area contributed by atoms with Crippen LogP contribution in [0.3, 0.4) is 0 Å². The number of allylic oxidation sites excluding steroid dienone is 6. The number of nitrogens with one attached hydrogen (secondary N) is 1.